The van der Waals surface area contributed by atoms with Gasteiger partial charge in [-0.25, -0.2) is 0 Å². The topological polar surface area (TPSA) is 56.1 Å². The van der Waals surface area contributed by atoms with Crippen LogP contribution in [0.4, 0.5) is 0 Å². The van der Waals surface area contributed by atoms with Gasteiger partial charge in [0, 0.05) is 30.3 Å². The van der Waals surface area contributed by atoms with Gasteiger partial charge in [0.2, 0.25) is 0 Å². The summed E-state index contributed by atoms with van der Waals surface area (Å²) in [5.41, 5.74) is 2.58. The largest absolute Gasteiger partial charge is 0.386 e. The molecule has 2 aromatic carbocycles. The van der Waals surface area contributed by atoms with E-state index in [2.05, 4.69) is 45.5 Å². The number of carbonyl (C=O) groups excluding carboxylic acids is 1. The Labute approximate surface area is 175 Å². The molecule has 5 heteroatoms. The van der Waals surface area contributed by atoms with E-state index in [4.69, 9.17) is 0 Å². The van der Waals surface area contributed by atoms with Crippen LogP contribution in [0.2, 0.25) is 0 Å². The second-order valence-electron chi connectivity index (χ2n) is 7.07. The number of piperidine rings is 1. The van der Waals surface area contributed by atoms with Crippen molar-refractivity contribution >= 4 is 21.8 Å². The van der Waals surface area contributed by atoms with Gasteiger partial charge >= 0.3 is 0 Å². The van der Waals surface area contributed by atoms with Gasteiger partial charge in [-0.2, -0.15) is 5.26 Å². The van der Waals surface area contributed by atoms with E-state index in [1.165, 1.54) is 11.8 Å². The molecule has 0 aliphatic carbocycles. The van der Waals surface area contributed by atoms with Crippen LogP contribution >= 0.6 is 15.9 Å². The van der Waals surface area contributed by atoms with Crippen molar-refractivity contribution in [1.29, 1.82) is 5.26 Å². The van der Waals surface area contributed by atoms with Crippen molar-refractivity contribution in [2.45, 2.75) is 25.8 Å². The molecule has 0 bridgehead atoms. The first-order valence-corrected chi connectivity index (χ1v) is 10.4. The summed E-state index contributed by atoms with van der Waals surface area (Å²) in [4.78, 5) is 14.5. The lowest BCUT2D eigenvalue weighted by molar-refractivity contribution is -0.128. The summed E-state index contributed by atoms with van der Waals surface area (Å²) < 4.78 is 1.00. The van der Waals surface area contributed by atoms with Crippen molar-refractivity contribution < 1.29 is 4.79 Å². The number of hydrogen-bond acceptors (Lipinski definition) is 3. The molecule has 1 amide bonds. The summed E-state index contributed by atoms with van der Waals surface area (Å²) in [5, 5.41) is 12.5. The van der Waals surface area contributed by atoms with Crippen LogP contribution in [0.25, 0.3) is 0 Å². The fraction of sp³-hybridized carbons (Fsp3) is 0.304. The summed E-state index contributed by atoms with van der Waals surface area (Å²) in [6.45, 7) is 1.97. The number of nitriles is 1. The van der Waals surface area contributed by atoms with Crippen LogP contribution in [0.15, 0.2) is 70.8 Å². The van der Waals surface area contributed by atoms with E-state index in [9.17, 15) is 10.1 Å². The van der Waals surface area contributed by atoms with Gasteiger partial charge in [0.05, 0.1) is 0 Å². The van der Waals surface area contributed by atoms with Crippen molar-refractivity contribution in [3.05, 3.63) is 82.0 Å². The summed E-state index contributed by atoms with van der Waals surface area (Å²) >= 11 is 3.50. The van der Waals surface area contributed by atoms with Crippen molar-refractivity contribution in [2.24, 2.45) is 5.92 Å². The number of nitrogens with one attached hydrogen (secondary N) is 1. The van der Waals surface area contributed by atoms with Crippen LogP contribution in [0.5, 0.6) is 0 Å². The average molecular weight is 438 g/mol. The van der Waals surface area contributed by atoms with E-state index < -0.39 is 0 Å². The Morgan fingerprint density at radius 2 is 1.82 bits per heavy atom. The van der Waals surface area contributed by atoms with Crippen molar-refractivity contribution in [2.75, 3.05) is 13.1 Å². The Kier molecular flexibility index (Phi) is 7.27. The Hall–Kier alpha value is -2.58. The lowest BCUT2D eigenvalue weighted by Gasteiger charge is -2.32. The minimum Gasteiger partial charge on any atom is -0.386 e. The van der Waals surface area contributed by atoms with Gasteiger partial charge in [-0.05, 0) is 42.4 Å². The first-order chi connectivity index (χ1) is 13.7. The maximum absolute atomic E-state index is 12.7. The van der Waals surface area contributed by atoms with Crippen LogP contribution in [0.3, 0.4) is 0 Å². The van der Waals surface area contributed by atoms with Crippen LogP contribution in [0.1, 0.15) is 24.0 Å². The molecule has 2 aromatic rings. The molecule has 1 aliphatic heterocycles. The third-order valence-electron chi connectivity index (χ3n) is 5.12. The quantitative estimate of drug-likeness (QED) is 0.537. The minimum atomic E-state index is -0.180. The lowest BCUT2D eigenvalue weighted by atomic mass is 9.90. The standard InChI is InChI=1S/C23H24BrN3O/c24-22-9-5-4-8-20(22)16-26-17-21(15-25)23(28)27-12-10-19(11-13-27)14-18-6-2-1-3-7-18/h1-9,17,19,26H,10-14,16H2/b21-17-. The van der Waals surface area contributed by atoms with Gasteiger partial charge in [-0.1, -0.05) is 64.5 Å². The van der Waals surface area contributed by atoms with Gasteiger partial charge in [-0.15, -0.1) is 0 Å². The molecule has 0 radical (unpaired) electrons. The number of amides is 1. The Balaban J connectivity index is 1.51. The molecule has 144 valence electrons. The predicted octanol–water partition coefficient (Wildman–Crippen LogP) is 4.43. The normalized spacial score (nSPS) is 15.1. The summed E-state index contributed by atoms with van der Waals surface area (Å²) in [5.74, 6) is 0.412. The van der Waals surface area contributed by atoms with Crippen LogP contribution in [-0.4, -0.2) is 23.9 Å². The highest BCUT2D eigenvalue weighted by molar-refractivity contribution is 9.10. The zero-order chi connectivity index (χ0) is 19.8. The number of rotatable bonds is 6. The van der Waals surface area contributed by atoms with Crippen molar-refractivity contribution in [1.82, 2.24) is 10.2 Å². The number of nitrogens with zero attached hydrogens (tertiary/aromatic N) is 2. The summed E-state index contributed by atoms with van der Waals surface area (Å²) in [6, 6.07) is 20.4. The maximum atomic E-state index is 12.7. The molecule has 0 aromatic heterocycles. The SMILES string of the molecule is N#C/C(=C/NCc1ccccc1Br)C(=O)N1CCC(Cc2ccccc2)CC1. The smallest absolute Gasteiger partial charge is 0.265 e. The molecule has 1 saturated heterocycles. The van der Waals surface area contributed by atoms with Gasteiger partial charge in [-0.3, -0.25) is 4.79 Å². The van der Waals surface area contributed by atoms with Crippen LogP contribution in [-0.2, 0) is 17.8 Å². The first-order valence-electron chi connectivity index (χ1n) is 9.57. The van der Waals surface area contributed by atoms with E-state index in [1.54, 1.807) is 4.90 Å². The lowest BCUT2D eigenvalue weighted by Crippen LogP contribution is -2.39. The second kappa shape index (κ2) is 10.1. The zero-order valence-electron chi connectivity index (χ0n) is 15.8. The van der Waals surface area contributed by atoms with Crippen molar-refractivity contribution in [3.63, 3.8) is 0 Å². The molecule has 1 heterocycles. The maximum Gasteiger partial charge on any atom is 0.265 e. The molecule has 1 aliphatic rings. The Morgan fingerprint density at radius 3 is 2.50 bits per heavy atom. The molecule has 0 spiro atoms. The second-order valence-corrected chi connectivity index (χ2v) is 7.92. The molecular formula is C23H24BrN3O. The summed E-state index contributed by atoms with van der Waals surface area (Å²) in [7, 11) is 0. The molecule has 0 unspecified atom stereocenters. The molecule has 1 N–H and O–H groups in total. The Bertz CT molecular complexity index is 865. The molecule has 0 atom stereocenters. The molecule has 4 nitrogen and oxygen atoms in total. The van der Waals surface area contributed by atoms with E-state index in [0.717, 1.165) is 29.3 Å². The summed E-state index contributed by atoms with van der Waals surface area (Å²) in [6.07, 6.45) is 4.54. The molecule has 28 heavy (non-hydrogen) atoms. The van der Waals surface area contributed by atoms with Gasteiger partial charge in [0.1, 0.15) is 11.6 Å². The van der Waals surface area contributed by atoms with E-state index >= 15 is 0 Å². The number of carbonyl (C=O) groups is 1. The minimum absolute atomic E-state index is 0.161. The fourth-order valence-corrected chi connectivity index (χ4v) is 3.93. The third kappa shape index (κ3) is 5.46. The van der Waals surface area contributed by atoms with Crippen LogP contribution < -0.4 is 5.32 Å². The molecular weight excluding hydrogens is 414 g/mol. The van der Waals surface area contributed by atoms with E-state index in [1.807, 2.05) is 36.4 Å². The highest BCUT2D eigenvalue weighted by atomic mass is 79.9. The molecule has 3 rings (SSSR count). The van der Waals surface area contributed by atoms with Gasteiger partial charge in [0.15, 0.2) is 0 Å². The van der Waals surface area contributed by atoms with Crippen LogP contribution in [0, 0.1) is 17.2 Å². The van der Waals surface area contributed by atoms with E-state index in [0.29, 0.717) is 25.6 Å². The van der Waals surface area contributed by atoms with E-state index in [-0.39, 0.29) is 11.5 Å². The zero-order valence-corrected chi connectivity index (χ0v) is 17.4. The van der Waals surface area contributed by atoms with Crippen molar-refractivity contribution in [3.8, 4) is 6.07 Å². The van der Waals surface area contributed by atoms with Gasteiger partial charge in [0.25, 0.3) is 5.91 Å². The predicted molar refractivity (Wildman–Crippen MR) is 114 cm³/mol. The molecule has 1 fully saturated rings. The number of halogens is 1. The Morgan fingerprint density at radius 1 is 1.14 bits per heavy atom. The highest BCUT2D eigenvalue weighted by Crippen LogP contribution is 2.22. The number of benzene rings is 2. The average Bonchev–Trinajstić information content (AvgIpc) is 2.73. The fourth-order valence-electron chi connectivity index (χ4n) is 3.50. The first kappa shape index (κ1) is 20.2. The third-order valence-corrected chi connectivity index (χ3v) is 5.89. The van der Waals surface area contributed by atoms with Gasteiger partial charge < -0.3 is 10.2 Å². The highest BCUT2D eigenvalue weighted by Gasteiger charge is 2.25. The number of hydrogen-bond donors (Lipinski definition) is 1. The molecule has 0 saturated carbocycles. The monoisotopic (exact) mass is 437 g/mol. The number of likely N-dealkylation sites (tertiary alicyclic amines) is 1.